The Labute approximate surface area is 76.1 Å². The Kier molecular flexibility index (Phi) is 6.12. The van der Waals surface area contributed by atoms with Gasteiger partial charge in [0.1, 0.15) is 0 Å². The van der Waals surface area contributed by atoms with Crippen LogP contribution in [0.15, 0.2) is 0 Å². The molecule has 0 heterocycles. The van der Waals surface area contributed by atoms with Crippen LogP contribution in [0.1, 0.15) is 41.0 Å². The quantitative estimate of drug-likeness (QED) is 0.611. The minimum atomic E-state index is 0.800. The molecule has 0 aromatic carbocycles. The molecule has 0 aliphatic heterocycles. The largest absolute Gasteiger partial charge is 0.159 e. The van der Waals surface area contributed by atoms with E-state index in [4.69, 9.17) is 0 Å². The second-order valence-corrected chi connectivity index (χ2v) is 5.61. The van der Waals surface area contributed by atoms with Crippen molar-refractivity contribution in [3.8, 4) is 0 Å². The molecular weight excluding hydrogens is 152 g/mol. The van der Waals surface area contributed by atoms with Crippen LogP contribution in [0.5, 0.6) is 0 Å². The fourth-order valence-electron chi connectivity index (χ4n) is 0.823. The maximum Gasteiger partial charge on any atom is -0.000968 e. The zero-order valence-corrected chi connectivity index (χ0v) is 9.37. The topological polar surface area (TPSA) is 0 Å². The summed E-state index contributed by atoms with van der Waals surface area (Å²) in [4.78, 5) is 0. The molecule has 0 spiro atoms. The molecule has 0 aromatic rings. The lowest BCUT2D eigenvalue weighted by molar-refractivity contribution is 0.410. The molecule has 0 N–H and O–H groups in total. The summed E-state index contributed by atoms with van der Waals surface area (Å²) in [7, 11) is 0. The lowest BCUT2D eigenvalue weighted by atomic mass is 9.96. The molecule has 1 atom stereocenters. The van der Waals surface area contributed by atoms with Crippen molar-refractivity contribution < 1.29 is 0 Å². The Morgan fingerprint density at radius 2 is 1.55 bits per heavy atom. The summed E-state index contributed by atoms with van der Waals surface area (Å²) in [5, 5.41) is 0.800. The average Bonchev–Trinajstić information content (AvgIpc) is 1.86. The monoisotopic (exact) mass is 174 g/mol. The SMILES string of the molecule is CC(C)SCCC(C)C(C)C. The Hall–Kier alpha value is 0.350. The Morgan fingerprint density at radius 3 is 1.91 bits per heavy atom. The van der Waals surface area contributed by atoms with E-state index in [1.807, 2.05) is 0 Å². The molecule has 68 valence electrons. The number of hydrogen-bond donors (Lipinski definition) is 0. The third-order valence-electron chi connectivity index (χ3n) is 2.16. The molecule has 0 saturated heterocycles. The zero-order valence-electron chi connectivity index (χ0n) is 8.55. The van der Waals surface area contributed by atoms with E-state index in [-0.39, 0.29) is 0 Å². The Balaban J connectivity index is 3.24. The van der Waals surface area contributed by atoms with Gasteiger partial charge in [-0.15, -0.1) is 0 Å². The van der Waals surface area contributed by atoms with E-state index < -0.39 is 0 Å². The first-order valence-corrected chi connectivity index (χ1v) is 5.70. The molecule has 0 nitrogen and oxygen atoms in total. The van der Waals surface area contributed by atoms with Crippen molar-refractivity contribution in [2.75, 3.05) is 5.75 Å². The van der Waals surface area contributed by atoms with Crippen molar-refractivity contribution in [1.82, 2.24) is 0 Å². The van der Waals surface area contributed by atoms with Crippen molar-refractivity contribution in [1.29, 1.82) is 0 Å². The molecule has 0 amide bonds. The van der Waals surface area contributed by atoms with Gasteiger partial charge < -0.3 is 0 Å². The van der Waals surface area contributed by atoms with Crippen LogP contribution in [0, 0.1) is 11.8 Å². The van der Waals surface area contributed by atoms with Gasteiger partial charge in [0, 0.05) is 0 Å². The van der Waals surface area contributed by atoms with Gasteiger partial charge in [-0.3, -0.25) is 0 Å². The highest BCUT2D eigenvalue weighted by atomic mass is 32.2. The van der Waals surface area contributed by atoms with Gasteiger partial charge in [0.25, 0.3) is 0 Å². The highest BCUT2D eigenvalue weighted by Crippen LogP contribution is 2.19. The maximum atomic E-state index is 2.35. The predicted octanol–water partition coefficient (Wildman–Crippen LogP) is 3.81. The summed E-state index contributed by atoms with van der Waals surface area (Å²) < 4.78 is 0. The molecule has 0 aliphatic carbocycles. The van der Waals surface area contributed by atoms with Crippen molar-refractivity contribution >= 4 is 11.8 Å². The van der Waals surface area contributed by atoms with E-state index in [2.05, 4.69) is 46.4 Å². The van der Waals surface area contributed by atoms with Crippen molar-refractivity contribution in [3.63, 3.8) is 0 Å². The molecule has 0 bridgehead atoms. The van der Waals surface area contributed by atoms with Crippen molar-refractivity contribution in [3.05, 3.63) is 0 Å². The van der Waals surface area contributed by atoms with Gasteiger partial charge >= 0.3 is 0 Å². The first kappa shape index (κ1) is 11.4. The first-order valence-electron chi connectivity index (χ1n) is 4.65. The van der Waals surface area contributed by atoms with Gasteiger partial charge in [-0.05, 0) is 29.3 Å². The smallest absolute Gasteiger partial charge is 0.000968 e. The van der Waals surface area contributed by atoms with E-state index in [0.717, 1.165) is 17.1 Å². The van der Waals surface area contributed by atoms with Gasteiger partial charge in [-0.25, -0.2) is 0 Å². The number of rotatable bonds is 5. The van der Waals surface area contributed by atoms with E-state index in [1.54, 1.807) is 0 Å². The summed E-state index contributed by atoms with van der Waals surface area (Å²) in [5.41, 5.74) is 0. The first-order chi connectivity index (χ1) is 5.04. The normalized spacial score (nSPS) is 14.5. The van der Waals surface area contributed by atoms with Crippen LogP contribution in [0.4, 0.5) is 0 Å². The fourth-order valence-corrected chi connectivity index (χ4v) is 1.80. The van der Waals surface area contributed by atoms with E-state index >= 15 is 0 Å². The Bertz CT molecular complexity index is 86.9. The lowest BCUT2D eigenvalue weighted by Crippen LogP contribution is -2.05. The molecule has 1 unspecified atom stereocenters. The van der Waals surface area contributed by atoms with Crippen LogP contribution in [0.2, 0.25) is 0 Å². The summed E-state index contributed by atoms with van der Waals surface area (Å²) in [5.74, 6) is 3.07. The maximum absolute atomic E-state index is 2.35. The second kappa shape index (κ2) is 5.93. The number of hydrogen-bond acceptors (Lipinski definition) is 1. The second-order valence-electron chi connectivity index (χ2n) is 3.93. The van der Waals surface area contributed by atoms with E-state index in [0.29, 0.717) is 0 Å². The molecule has 0 aromatic heterocycles. The summed E-state index contributed by atoms with van der Waals surface area (Å²) in [6.45, 7) is 11.5. The molecule has 0 radical (unpaired) electrons. The van der Waals surface area contributed by atoms with E-state index in [9.17, 15) is 0 Å². The predicted molar refractivity (Wildman–Crippen MR) is 56.2 cm³/mol. The van der Waals surface area contributed by atoms with Crippen LogP contribution in [0.25, 0.3) is 0 Å². The van der Waals surface area contributed by atoms with Crippen molar-refractivity contribution in [2.45, 2.75) is 46.3 Å². The third kappa shape index (κ3) is 6.74. The summed E-state index contributed by atoms with van der Waals surface area (Å²) in [6, 6.07) is 0. The zero-order chi connectivity index (χ0) is 8.85. The third-order valence-corrected chi connectivity index (χ3v) is 3.30. The van der Waals surface area contributed by atoms with Gasteiger partial charge in [-0.2, -0.15) is 11.8 Å². The van der Waals surface area contributed by atoms with Gasteiger partial charge in [0.15, 0.2) is 0 Å². The molecular formula is C10H22S. The molecule has 0 fully saturated rings. The summed E-state index contributed by atoms with van der Waals surface area (Å²) in [6.07, 6.45) is 1.38. The highest BCUT2D eigenvalue weighted by molar-refractivity contribution is 7.99. The van der Waals surface area contributed by atoms with Crippen LogP contribution in [-0.4, -0.2) is 11.0 Å². The van der Waals surface area contributed by atoms with Gasteiger partial charge in [-0.1, -0.05) is 34.6 Å². The molecule has 0 saturated carbocycles. The van der Waals surface area contributed by atoms with Crippen molar-refractivity contribution in [2.24, 2.45) is 11.8 Å². The fraction of sp³-hybridized carbons (Fsp3) is 1.00. The molecule has 1 heteroatoms. The molecule has 11 heavy (non-hydrogen) atoms. The Morgan fingerprint density at radius 1 is 1.00 bits per heavy atom. The summed E-state index contributed by atoms with van der Waals surface area (Å²) >= 11 is 2.08. The highest BCUT2D eigenvalue weighted by Gasteiger charge is 2.06. The van der Waals surface area contributed by atoms with Crippen LogP contribution < -0.4 is 0 Å². The van der Waals surface area contributed by atoms with Crippen LogP contribution in [-0.2, 0) is 0 Å². The standard InChI is InChI=1S/C10H22S/c1-8(2)10(5)6-7-11-9(3)4/h8-10H,6-7H2,1-5H3. The molecule has 0 rings (SSSR count). The number of thioether (sulfide) groups is 1. The van der Waals surface area contributed by atoms with Gasteiger partial charge in [0.2, 0.25) is 0 Å². The lowest BCUT2D eigenvalue weighted by Gasteiger charge is -2.15. The average molecular weight is 174 g/mol. The molecule has 0 aliphatic rings. The van der Waals surface area contributed by atoms with Gasteiger partial charge in [0.05, 0.1) is 0 Å². The minimum Gasteiger partial charge on any atom is -0.159 e. The van der Waals surface area contributed by atoms with Crippen LogP contribution in [0.3, 0.4) is 0 Å². The van der Waals surface area contributed by atoms with E-state index in [1.165, 1.54) is 12.2 Å². The minimum absolute atomic E-state index is 0.800. The van der Waals surface area contributed by atoms with Crippen LogP contribution >= 0.6 is 11.8 Å².